The zero-order chi connectivity index (χ0) is 38.2. The Balaban J connectivity index is 0.00000392. The molecule has 278 valence electrons. The van der Waals surface area contributed by atoms with Crippen LogP contribution in [0.2, 0.25) is 0 Å². The van der Waals surface area contributed by atoms with Gasteiger partial charge in [-0.15, -0.1) is 5.76 Å². The van der Waals surface area contributed by atoms with E-state index < -0.39 is 52.1 Å². The molecule has 0 aromatic carbocycles. The maximum absolute atomic E-state index is 13.9. The Labute approximate surface area is 400 Å². The smallest absolute Gasteiger partial charge is 0.875 e. The zero-order valence-electron chi connectivity index (χ0n) is 32.2. The van der Waals surface area contributed by atoms with Gasteiger partial charge in [-0.05, 0) is 68.1 Å². The number of carbonyl (C=O) groups is 3. The molecule has 54 heavy (non-hydrogen) atoms. The molecule has 0 unspecified atom stereocenters. The van der Waals surface area contributed by atoms with Crippen LogP contribution in [0, 0.1) is 23.7 Å². The van der Waals surface area contributed by atoms with E-state index in [1.807, 2.05) is 32.9 Å². The first-order valence-electron chi connectivity index (χ1n) is 17.2. The molecular weight excluding hydrogens is 769 g/mol. The van der Waals surface area contributed by atoms with Gasteiger partial charge in [-0.25, -0.2) is 9.98 Å². The van der Waals surface area contributed by atoms with E-state index in [1.165, 1.54) is 14.0 Å². The van der Waals surface area contributed by atoms with E-state index >= 15 is 0 Å². The summed E-state index contributed by atoms with van der Waals surface area (Å²) in [7, 11) is -3.17. The number of carboxylic acids is 1. The Bertz CT molecular complexity index is 2070. The van der Waals surface area contributed by atoms with Crippen LogP contribution in [0.3, 0.4) is 0 Å². The summed E-state index contributed by atoms with van der Waals surface area (Å²) in [6.45, 7) is 10.6. The van der Waals surface area contributed by atoms with Crippen LogP contribution in [0.15, 0.2) is 95.3 Å². The molecular formula is C37H43K2N5O9S. The SMILES string of the molecule is CC[C@H]1C2=CC3=NC(=C(CC(=O)OC)C4=NC(=CC5=C(C)C(=C(C)[O-])C(=N5)C=C(N2)[C@@H]1C)[C@@H](C)[C@@H]4CCC(=O)[O-])C(C(=O)NCCS(=O)(=O)O)=C3C.[K+].[K+]. The van der Waals surface area contributed by atoms with Crippen molar-refractivity contribution in [2.45, 2.75) is 67.2 Å². The summed E-state index contributed by atoms with van der Waals surface area (Å²) in [6, 6.07) is 0. The number of fused-ring (bicyclic) bond motifs is 5. The summed E-state index contributed by atoms with van der Waals surface area (Å²) in [5.74, 6) is -4.47. The van der Waals surface area contributed by atoms with Gasteiger partial charge >= 0.3 is 109 Å². The van der Waals surface area contributed by atoms with Crippen molar-refractivity contribution < 1.29 is 145 Å². The Morgan fingerprint density at radius 3 is 2.22 bits per heavy atom. The number of esters is 1. The molecule has 3 N–H and O–H groups in total. The van der Waals surface area contributed by atoms with E-state index in [0.29, 0.717) is 45.2 Å². The van der Waals surface area contributed by atoms with Crippen molar-refractivity contribution in [3.63, 3.8) is 0 Å². The third kappa shape index (κ3) is 10.1. The molecule has 0 radical (unpaired) electrons. The van der Waals surface area contributed by atoms with Crippen molar-refractivity contribution in [2.75, 3.05) is 19.4 Å². The molecule has 4 atom stereocenters. The molecule has 0 aliphatic carbocycles. The number of carbonyl (C=O) groups excluding carboxylic acids is 3. The molecule has 1 saturated heterocycles. The molecule has 1 fully saturated rings. The second kappa shape index (κ2) is 19.2. The molecule has 0 spiro atoms. The first-order chi connectivity index (χ1) is 24.4. The van der Waals surface area contributed by atoms with Crippen LogP contribution < -0.4 is 124 Å². The standard InChI is InChI=1S/C37H45N5O9S.2K/c1-8-22-17(2)25-16-30-33(21(6)43)19(4)27(40-30)14-26-18(3)23(9-10-31(44)45)35(41-26)24(13-32(46)51-7)36-34(37(47)38-11-12-52(48,49)50)20(5)28(42-36)15-29(22)39-25;;/h14-18,22-23,39,43H,8-13H2,1-7H3,(H,38,47)(H,44,45)(H,48,49,50);;/q;2*+1/p-2/t17-,18+,22-,23+;;/m1../s1. The quantitative estimate of drug-likeness (QED) is 0.0843. The first kappa shape index (κ1) is 46.8. The molecule has 1 amide bonds. The van der Waals surface area contributed by atoms with Crippen LogP contribution in [-0.4, -0.2) is 67.4 Å². The van der Waals surface area contributed by atoms with Gasteiger partial charge in [-0.3, -0.25) is 19.1 Å². The van der Waals surface area contributed by atoms with Crippen molar-refractivity contribution >= 4 is 45.1 Å². The molecule has 0 aromatic rings. The average molecular weight is 812 g/mol. The van der Waals surface area contributed by atoms with E-state index in [-0.39, 0.29) is 156 Å². The summed E-state index contributed by atoms with van der Waals surface area (Å²) < 4.78 is 37.3. The largest absolute Gasteiger partial charge is 1.00 e. The normalized spacial score (nSPS) is 24.3. The van der Waals surface area contributed by atoms with Gasteiger partial charge in [0.25, 0.3) is 16.0 Å². The van der Waals surface area contributed by atoms with Crippen LogP contribution >= 0.6 is 0 Å². The van der Waals surface area contributed by atoms with Gasteiger partial charge < -0.3 is 30.4 Å². The predicted molar refractivity (Wildman–Crippen MR) is 191 cm³/mol. The number of carboxylic acid groups (broad SMARTS) is 1. The van der Waals surface area contributed by atoms with E-state index in [9.17, 15) is 37.6 Å². The number of rotatable bonds is 10. The number of aliphatic carboxylic acids is 1. The number of allylic oxidation sites excluding steroid dienone is 10. The fraction of sp³-hybridized carbons (Fsp3) is 0.459. The fourth-order valence-electron chi connectivity index (χ4n) is 7.44. The second-order valence-electron chi connectivity index (χ2n) is 13.6. The fourth-order valence-corrected chi connectivity index (χ4v) is 7.80. The average Bonchev–Trinajstić information content (AvgIpc) is 3.74. The van der Waals surface area contributed by atoms with Crippen LogP contribution in [0.5, 0.6) is 0 Å². The number of hydrogen-bond donors (Lipinski definition) is 3. The van der Waals surface area contributed by atoms with Gasteiger partial charge in [-0.1, -0.05) is 27.7 Å². The van der Waals surface area contributed by atoms with Crippen LogP contribution in [0.1, 0.15) is 67.2 Å². The molecule has 5 aliphatic heterocycles. The third-order valence-corrected chi connectivity index (χ3v) is 11.0. The summed E-state index contributed by atoms with van der Waals surface area (Å²) >= 11 is 0. The molecule has 17 heteroatoms. The number of amides is 1. The van der Waals surface area contributed by atoms with E-state index in [0.717, 1.165) is 17.8 Å². The molecule has 14 nitrogen and oxygen atoms in total. The van der Waals surface area contributed by atoms with Gasteiger partial charge in [0, 0.05) is 58.8 Å². The maximum Gasteiger partial charge on any atom is 1.00 e. The van der Waals surface area contributed by atoms with E-state index in [1.54, 1.807) is 13.0 Å². The molecule has 5 heterocycles. The molecule has 8 bridgehead atoms. The number of aliphatic imine (C=N–C) groups is 3. The number of ether oxygens (including phenoxy) is 1. The first-order valence-corrected chi connectivity index (χ1v) is 18.8. The van der Waals surface area contributed by atoms with Crippen molar-refractivity contribution in [1.29, 1.82) is 0 Å². The number of hydrogen-bond acceptors (Lipinski definition) is 12. The van der Waals surface area contributed by atoms with Crippen LogP contribution in [0.4, 0.5) is 0 Å². The molecule has 0 aromatic heterocycles. The second-order valence-corrected chi connectivity index (χ2v) is 15.1. The van der Waals surface area contributed by atoms with Gasteiger partial charge in [0.2, 0.25) is 0 Å². The van der Waals surface area contributed by atoms with Gasteiger partial charge in [-0.2, -0.15) is 8.42 Å². The molecule has 0 saturated carbocycles. The number of nitrogens with zero attached hydrogens (tertiary/aromatic N) is 3. The summed E-state index contributed by atoms with van der Waals surface area (Å²) in [6.07, 6.45) is 5.61. The summed E-state index contributed by atoms with van der Waals surface area (Å²) in [5.41, 5.74) is 5.91. The minimum atomic E-state index is -4.38. The van der Waals surface area contributed by atoms with Crippen molar-refractivity contribution in [2.24, 2.45) is 38.6 Å². The minimum absolute atomic E-state index is 0. The van der Waals surface area contributed by atoms with Gasteiger partial charge in [0.15, 0.2) is 0 Å². The Morgan fingerprint density at radius 1 is 0.963 bits per heavy atom. The third-order valence-electron chi connectivity index (χ3n) is 10.3. The Kier molecular flexibility index (Phi) is 16.6. The number of methoxy groups -OCH3 is 1. The van der Waals surface area contributed by atoms with Crippen molar-refractivity contribution in [1.82, 2.24) is 10.6 Å². The maximum atomic E-state index is 13.9. The topological polar surface area (TPSA) is 222 Å². The summed E-state index contributed by atoms with van der Waals surface area (Å²) in [5, 5.41) is 30.8. The predicted octanol–water partition coefficient (Wildman–Crippen LogP) is -3.88. The zero-order valence-corrected chi connectivity index (χ0v) is 39.3. The van der Waals surface area contributed by atoms with Crippen molar-refractivity contribution in [3.05, 3.63) is 80.3 Å². The van der Waals surface area contributed by atoms with E-state index in [2.05, 4.69) is 17.6 Å². The minimum Gasteiger partial charge on any atom is -0.875 e. The van der Waals surface area contributed by atoms with Gasteiger partial charge in [0.05, 0.1) is 53.4 Å². The van der Waals surface area contributed by atoms with Crippen LogP contribution in [-0.2, 0) is 29.2 Å². The van der Waals surface area contributed by atoms with Gasteiger partial charge in [0.1, 0.15) is 0 Å². The Hall–Kier alpha value is -1.62. The molecule has 5 aliphatic rings. The summed E-state index contributed by atoms with van der Waals surface area (Å²) in [4.78, 5) is 53.5. The van der Waals surface area contributed by atoms with E-state index in [4.69, 9.17) is 19.7 Å². The number of nitrogens with one attached hydrogen (secondary N) is 2. The van der Waals surface area contributed by atoms with Crippen molar-refractivity contribution in [3.8, 4) is 0 Å². The van der Waals surface area contributed by atoms with Crippen LogP contribution in [0.25, 0.3) is 0 Å². The Morgan fingerprint density at radius 2 is 1.63 bits per heavy atom. The monoisotopic (exact) mass is 811 g/mol. The molecule has 5 rings (SSSR count).